The van der Waals surface area contributed by atoms with E-state index in [0.717, 1.165) is 19.6 Å². The normalized spacial score (nSPS) is 23.5. The predicted molar refractivity (Wildman–Crippen MR) is 43.3 cm³/mol. The van der Waals surface area contributed by atoms with Crippen molar-refractivity contribution in [2.75, 3.05) is 26.3 Å². The molecule has 5 heteroatoms. The second kappa shape index (κ2) is 2.70. The topological polar surface area (TPSA) is 72.6 Å². The zero-order chi connectivity index (χ0) is 9.47. The number of carbonyl (C=O) groups excluding carboxylic acids is 2. The minimum Gasteiger partial charge on any atom is -0.380 e. The number of ether oxygens (including phenoxy) is 1. The van der Waals surface area contributed by atoms with Crippen molar-refractivity contribution < 1.29 is 14.3 Å². The second-order valence-corrected chi connectivity index (χ2v) is 3.73. The highest BCUT2D eigenvalue weighted by atomic mass is 16.5. The minimum absolute atomic E-state index is 0.196. The van der Waals surface area contributed by atoms with Crippen LogP contribution < -0.4 is 5.73 Å². The Kier molecular flexibility index (Phi) is 1.76. The third-order valence-corrected chi connectivity index (χ3v) is 2.45. The van der Waals surface area contributed by atoms with Gasteiger partial charge < -0.3 is 15.4 Å². The number of primary amides is 1. The zero-order valence-electron chi connectivity index (χ0n) is 7.16. The number of amides is 2. The molecule has 2 aliphatic rings. The second-order valence-electron chi connectivity index (χ2n) is 3.73. The number of hydrogen-bond acceptors (Lipinski definition) is 3. The van der Waals surface area contributed by atoms with E-state index in [0.29, 0.717) is 13.1 Å². The molecule has 5 nitrogen and oxygen atoms in total. The molecule has 1 spiro atoms. The summed E-state index contributed by atoms with van der Waals surface area (Å²) >= 11 is 0. The molecule has 2 rings (SSSR count). The van der Waals surface area contributed by atoms with Crippen molar-refractivity contribution in [1.82, 2.24) is 4.90 Å². The van der Waals surface area contributed by atoms with Gasteiger partial charge in [-0.05, 0) is 0 Å². The first-order chi connectivity index (χ1) is 6.11. The summed E-state index contributed by atoms with van der Waals surface area (Å²) in [5, 5.41) is 0. The van der Waals surface area contributed by atoms with Crippen molar-refractivity contribution in [3.8, 4) is 0 Å². The van der Waals surface area contributed by atoms with Crippen LogP contribution in [0.25, 0.3) is 0 Å². The zero-order valence-corrected chi connectivity index (χ0v) is 7.16. The molecule has 2 saturated heterocycles. The molecule has 0 aliphatic carbocycles. The summed E-state index contributed by atoms with van der Waals surface area (Å²) in [4.78, 5) is 23.2. The minimum atomic E-state index is -0.684. The average Bonchev–Trinajstić information content (AvgIpc) is 1.77. The Bertz CT molecular complexity index is 252. The Hall–Kier alpha value is -1.10. The molecule has 1 radical (unpaired) electrons. The third kappa shape index (κ3) is 1.39. The van der Waals surface area contributed by atoms with E-state index in [1.54, 1.807) is 4.90 Å². The lowest BCUT2D eigenvalue weighted by molar-refractivity contribution is -0.193. The molecule has 2 aliphatic heterocycles. The van der Waals surface area contributed by atoms with Gasteiger partial charge in [-0.2, -0.15) is 0 Å². The Morgan fingerprint density at radius 2 is 2.00 bits per heavy atom. The molecule has 0 saturated carbocycles. The summed E-state index contributed by atoms with van der Waals surface area (Å²) in [5.41, 5.74) is 5.05. The van der Waals surface area contributed by atoms with E-state index >= 15 is 0 Å². The summed E-state index contributed by atoms with van der Waals surface area (Å²) in [6.07, 6.45) is 0.923. The number of likely N-dealkylation sites (tertiary alicyclic amines) is 1. The molecule has 13 heavy (non-hydrogen) atoms. The SMILES string of the molecule is NC(=O)[CH]C(=O)N1CC2(COC2)C1. The highest BCUT2D eigenvalue weighted by molar-refractivity contribution is 6.07. The van der Waals surface area contributed by atoms with Gasteiger partial charge in [0, 0.05) is 13.1 Å². The fraction of sp³-hybridized carbons (Fsp3) is 0.625. The van der Waals surface area contributed by atoms with E-state index in [-0.39, 0.29) is 11.3 Å². The summed E-state index contributed by atoms with van der Waals surface area (Å²) in [6.45, 7) is 2.84. The van der Waals surface area contributed by atoms with Crippen LogP contribution in [-0.4, -0.2) is 43.0 Å². The fourth-order valence-corrected chi connectivity index (χ4v) is 1.71. The lowest BCUT2D eigenvalue weighted by Crippen LogP contribution is -2.67. The molecule has 2 N–H and O–H groups in total. The van der Waals surface area contributed by atoms with Gasteiger partial charge in [-0.1, -0.05) is 0 Å². The number of hydrogen-bond donors (Lipinski definition) is 1. The van der Waals surface area contributed by atoms with Gasteiger partial charge in [0.15, 0.2) is 0 Å². The summed E-state index contributed by atoms with van der Waals surface area (Å²) in [7, 11) is 0. The first-order valence-electron chi connectivity index (χ1n) is 4.12. The maximum atomic E-state index is 11.2. The monoisotopic (exact) mass is 183 g/mol. The fourth-order valence-electron chi connectivity index (χ4n) is 1.71. The summed E-state index contributed by atoms with van der Waals surface area (Å²) < 4.78 is 5.05. The quantitative estimate of drug-likeness (QED) is 0.531. The first-order valence-corrected chi connectivity index (χ1v) is 4.12. The number of nitrogens with two attached hydrogens (primary N) is 1. The maximum absolute atomic E-state index is 11.2. The molecule has 71 valence electrons. The highest BCUT2D eigenvalue weighted by Gasteiger charge is 2.50. The van der Waals surface area contributed by atoms with Crippen LogP contribution in [0.2, 0.25) is 0 Å². The van der Waals surface area contributed by atoms with Crippen molar-refractivity contribution in [3.05, 3.63) is 6.42 Å². The van der Waals surface area contributed by atoms with Gasteiger partial charge in [0.1, 0.15) is 6.42 Å². The Balaban J connectivity index is 1.79. The van der Waals surface area contributed by atoms with Gasteiger partial charge in [-0.25, -0.2) is 0 Å². The highest BCUT2D eigenvalue weighted by Crippen LogP contribution is 2.37. The molecule has 0 atom stereocenters. The van der Waals surface area contributed by atoms with Crippen molar-refractivity contribution in [2.24, 2.45) is 11.1 Å². The molecule has 2 heterocycles. The van der Waals surface area contributed by atoms with Gasteiger partial charge in [0.25, 0.3) is 0 Å². The molecule has 2 fully saturated rings. The molecule has 0 aromatic carbocycles. The summed E-state index contributed by atoms with van der Waals surface area (Å²) in [6, 6.07) is 0. The van der Waals surface area contributed by atoms with Crippen LogP contribution in [-0.2, 0) is 14.3 Å². The van der Waals surface area contributed by atoms with E-state index in [1.165, 1.54) is 0 Å². The van der Waals surface area contributed by atoms with Crippen LogP contribution in [0, 0.1) is 11.8 Å². The van der Waals surface area contributed by atoms with Crippen molar-refractivity contribution >= 4 is 11.8 Å². The van der Waals surface area contributed by atoms with Crippen LogP contribution in [0.4, 0.5) is 0 Å². The van der Waals surface area contributed by atoms with Gasteiger partial charge in [0.05, 0.1) is 18.6 Å². The van der Waals surface area contributed by atoms with Crippen molar-refractivity contribution in [1.29, 1.82) is 0 Å². The first kappa shape index (κ1) is 8.50. The lowest BCUT2D eigenvalue weighted by Gasteiger charge is -2.54. The van der Waals surface area contributed by atoms with Gasteiger partial charge in [-0.15, -0.1) is 0 Å². The van der Waals surface area contributed by atoms with Gasteiger partial charge in [0.2, 0.25) is 11.8 Å². The van der Waals surface area contributed by atoms with Gasteiger partial charge >= 0.3 is 0 Å². The molecule has 0 aromatic rings. The van der Waals surface area contributed by atoms with Crippen LogP contribution in [0.15, 0.2) is 0 Å². The standard InChI is InChI=1S/C8H11N2O3/c9-6(11)1-7(12)10-2-8(3-10)4-13-5-8/h1H,2-5H2,(H2,9,11). The maximum Gasteiger partial charge on any atom is 0.236 e. The molecular weight excluding hydrogens is 172 g/mol. The number of rotatable bonds is 2. The largest absolute Gasteiger partial charge is 0.380 e. The Labute approximate surface area is 75.8 Å². The van der Waals surface area contributed by atoms with Gasteiger partial charge in [-0.3, -0.25) is 9.59 Å². The van der Waals surface area contributed by atoms with Crippen LogP contribution in [0.1, 0.15) is 0 Å². The van der Waals surface area contributed by atoms with Crippen LogP contribution in [0.3, 0.4) is 0 Å². The third-order valence-electron chi connectivity index (χ3n) is 2.45. The van der Waals surface area contributed by atoms with E-state index in [1.807, 2.05) is 0 Å². The summed E-state index contributed by atoms with van der Waals surface area (Å²) in [5.74, 6) is -0.971. The van der Waals surface area contributed by atoms with E-state index in [9.17, 15) is 9.59 Å². The van der Waals surface area contributed by atoms with E-state index < -0.39 is 5.91 Å². The molecule has 0 aromatic heterocycles. The molecule has 0 bridgehead atoms. The molecular formula is C8H11N2O3. The van der Waals surface area contributed by atoms with E-state index in [4.69, 9.17) is 10.5 Å². The number of carbonyl (C=O) groups is 2. The van der Waals surface area contributed by atoms with Crippen molar-refractivity contribution in [3.63, 3.8) is 0 Å². The number of nitrogens with zero attached hydrogens (tertiary/aromatic N) is 1. The smallest absolute Gasteiger partial charge is 0.236 e. The Morgan fingerprint density at radius 3 is 2.38 bits per heavy atom. The molecule has 0 unspecified atom stereocenters. The molecule has 2 amide bonds. The van der Waals surface area contributed by atoms with Crippen molar-refractivity contribution in [2.45, 2.75) is 0 Å². The average molecular weight is 183 g/mol. The van der Waals surface area contributed by atoms with E-state index in [2.05, 4.69) is 0 Å². The van der Waals surface area contributed by atoms with Crippen LogP contribution in [0.5, 0.6) is 0 Å². The lowest BCUT2D eigenvalue weighted by atomic mass is 9.78. The van der Waals surface area contributed by atoms with Crippen LogP contribution >= 0.6 is 0 Å². The predicted octanol–water partition coefficient (Wildman–Crippen LogP) is -1.47. The Morgan fingerprint density at radius 1 is 1.38 bits per heavy atom.